The number of aliphatic hydroxyl groups excluding tert-OH is 2. The number of thiazole rings is 1. The molecular formula is C35H54N6O5S. The van der Waals surface area contributed by atoms with Gasteiger partial charge in [0.25, 0.3) is 0 Å². The van der Waals surface area contributed by atoms with Gasteiger partial charge in [-0.3, -0.25) is 9.59 Å². The number of carbonyl (C=O) groups is 3. The van der Waals surface area contributed by atoms with Crippen molar-refractivity contribution in [2.24, 2.45) is 11.8 Å². The first-order chi connectivity index (χ1) is 22.6. The Bertz CT molecular complexity index is 1230. The van der Waals surface area contributed by atoms with Crippen molar-refractivity contribution in [2.75, 3.05) is 33.2 Å². The standard InChI is InChI=1S/C35H54N6O5S/c1-24(2)18-31(42)32(43)28(19-25-10-6-4-7-11-25)37-34(45)30(21-27-22-47-23-36-27)38-33(44)29(20-26-12-8-5-9-13-26)39-35(46)41-16-14-40(3)15-17-41/h5,8-9,12-13,22-25,28-32,42-43H,4,6-7,10-11,14-21H2,1-3H3,(H,37,45)(H,38,44)(H,39,46)/t28-,29-,30-,31-,32+/m0/s1. The van der Waals surface area contributed by atoms with E-state index in [0.717, 1.165) is 44.3 Å². The zero-order chi connectivity index (χ0) is 33.8. The van der Waals surface area contributed by atoms with Crippen LogP contribution in [0, 0.1) is 11.8 Å². The van der Waals surface area contributed by atoms with Gasteiger partial charge >= 0.3 is 6.03 Å². The smallest absolute Gasteiger partial charge is 0.318 e. The quantitative estimate of drug-likeness (QED) is 0.196. The summed E-state index contributed by atoms with van der Waals surface area (Å²) in [6.45, 7) is 6.59. The minimum atomic E-state index is -1.15. The molecule has 0 radical (unpaired) electrons. The minimum absolute atomic E-state index is 0.145. The van der Waals surface area contributed by atoms with Gasteiger partial charge in [0, 0.05) is 44.4 Å². The van der Waals surface area contributed by atoms with Crippen LogP contribution in [-0.4, -0.2) is 106 Å². The molecule has 5 atom stereocenters. The fourth-order valence-electron chi connectivity index (χ4n) is 6.58. The van der Waals surface area contributed by atoms with E-state index in [1.165, 1.54) is 17.8 Å². The molecule has 4 rings (SSSR count). The van der Waals surface area contributed by atoms with Crippen LogP contribution >= 0.6 is 11.3 Å². The molecular weight excluding hydrogens is 616 g/mol. The van der Waals surface area contributed by atoms with Crippen LogP contribution in [0.25, 0.3) is 0 Å². The third-order valence-electron chi connectivity index (χ3n) is 9.38. The number of likely N-dealkylation sites (N-methyl/N-ethyl adjacent to an activating group) is 1. The average Bonchev–Trinajstić information content (AvgIpc) is 3.57. The predicted octanol–water partition coefficient (Wildman–Crippen LogP) is 2.96. The molecule has 1 aliphatic heterocycles. The minimum Gasteiger partial charge on any atom is -0.390 e. The van der Waals surface area contributed by atoms with E-state index in [1.807, 2.05) is 56.6 Å². The van der Waals surface area contributed by atoms with Crippen LogP contribution in [-0.2, 0) is 22.4 Å². The van der Waals surface area contributed by atoms with Crippen LogP contribution in [0.5, 0.6) is 0 Å². The summed E-state index contributed by atoms with van der Waals surface area (Å²) in [6, 6.07) is 6.55. The van der Waals surface area contributed by atoms with Gasteiger partial charge in [-0.25, -0.2) is 9.78 Å². The lowest BCUT2D eigenvalue weighted by Crippen LogP contribution is -2.60. The van der Waals surface area contributed by atoms with Gasteiger partial charge in [-0.05, 0) is 37.3 Å². The summed E-state index contributed by atoms with van der Waals surface area (Å²) in [5.74, 6) is -0.422. The number of urea groups is 1. The first-order valence-corrected chi connectivity index (χ1v) is 18.1. The number of aromatic nitrogens is 1. The molecule has 2 heterocycles. The van der Waals surface area contributed by atoms with Gasteiger partial charge in [-0.1, -0.05) is 76.3 Å². The number of amides is 4. The Balaban J connectivity index is 1.53. The molecule has 1 aliphatic carbocycles. The molecule has 47 heavy (non-hydrogen) atoms. The van der Waals surface area contributed by atoms with Crippen LogP contribution in [0.1, 0.15) is 70.1 Å². The van der Waals surface area contributed by atoms with Crippen LogP contribution in [0.3, 0.4) is 0 Å². The summed E-state index contributed by atoms with van der Waals surface area (Å²) in [4.78, 5) is 49.6. The second kappa shape index (κ2) is 18.5. The maximum atomic E-state index is 14.0. The zero-order valence-corrected chi connectivity index (χ0v) is 29.0. The molecule has 12 heteroatoms. The Labute approximate surface area is 283 Å². The number of nitrogens with zero attached hydrogens (tertiary/aromatic N) is 3. The van der Waals surface area contributed by atoms with Gasteiger partial charge < -0.3 is 36.0 Å². The summed E-state index contributed by atoms with van der Waals surface area (Å²) in [5, 5.41) is 32.9. The van der Waals surface area contributed by atoms with Gasteiger partial charge in [0.05, 0.1) is 23.4 Å². The topological polar surface area (TPSA) is 147 Å². The highest BCUT2D eigenvalue weighted by Crippen LogP contribution is 2.29. The first-order valence-electron chi connectivity index (χ1n) is 17.2. The summed E-state index contributed by atoms with van der Waals surface area (Å²) in [7, 11) is 2.01. The maximum Gasteiger partial charge on any atom is 0.318 e. The second-order valence-electron chi connectivity index (χ2n) is 13.8. The van der Waals surface area contributed by atoms with Crippen molar-refractivity contribution in [3.05, 3.63) is 52.5 Å². The van der Waals surface area contributed by atoms with Gasteiger partial charge in [0.15, 0.2) is 0 Å². The number of hydrogen-bond acceptors (Lipinski definition) is 8. The highest BCUT2D eigenvalue weighted by molar-refractivity contribution is 7.07. The van der Waals surface area contributed by atoms with Crippen molar-refractivity contribution in [1.29, 1.82) is 0 Å². The van der Waals surface area contributed by atoms with Crippen molar-refractivity contribution in [2.45, 2.75) is 102 Å². The Morgan fingerprint density at radius 2 is 1.57 bits per heavy atom. The molecule has 2 fully saturated rings. The zero-order valence-electron chi connectivity index (χ0n) is 28.1. The molecule has 0 bridgehead atoms. The monoisotopic (exact) mass is 670 g/mol. The molecule has 260 valence electrons. The Kier molecular flexibility index (Phi) is 14.5. The molecule has 0 spiro atoms. The highest BCUT2D eigenvalue weighted by Gasteiger charge is 2.35. The van der Waals surface area contributed by atoms with E-state index in [4.69, 9.17) is 0 Å². The van der Waals surface area contributed by atoms with Gasteiger partial charge in [-0.2, -0.15) is 0 Å². The molecule has 11 nitrogen and oxygen atoms in total. The molecule has 1 saturated carbocycles. The summed E-state index contributed by atoms with van der Waals surface area (Å²) < 4.78 is 0. The second-order valence-corrected chi connectivity index (χ2v) is 14.5. The number of carbonyl (C=O) groups excluding carboxylic acids is 3. The Hall–Kier alpha value is -3.06. The Morgan fingerprint density at radius 3 is 2.21 bits per heavy atom. The van der Waals surface area contributed by atoms with E-state index in [-0.39, 0.29) is 24.8 Å². The SMILES string of the molecule is CC(C)C[C@H](O)[C@H](O)[C@H](CC1CCCCC1)NC(=O)[C@H](Cc1cscn1)NC(=O)[C@H](Cc1ccccc1)NC(=O)N1CCN(C)CC1. The molecule has 0 unspecified atom stereocenters. The van der Waals surface area contributed by atoms with Gasteiger partial charge in [-0.15, -0.1) is 11.3 Å². The molecule has 2 aromatic rings. The summed E-state index contributed by atoms with van der Waals surface area (Å²) in [6.07, 6.45) is 4.67. The molecule has 1 aromatic carbocycles. The molecule has 1 aromatic heterocycles. The van der Waals surface area contributed by atoms with Crippen LogP contribution in [0.2, 0.25) is 0 Å². The normalized spacial score (nSPS) is 19.4. The lowest BCUT2D eigenvalue weighted by molar-refractivity contribution is -0.131. The fraction of sp³-hybridized carbons (Fsp3) is 0.657. The largest absolute Gasteiger partial charge is 0.390 e. The number of benzene rings is 1. The number of aliphatic hydroxyl groups is 2. The van der Waals surface area contributed by atoms with E-state index in [9.17, 15) is 24.6 Å². The van der Waals surface area contributed by atoms with Crippen molar-refractivity contribution >= 4 is 29.2 Å². The lowest BCUT2D eigenvalue weighted by Gasteiger charge is -2.34. The lowest BCUT2D eigenvalue weighted by atomic mass is 9.82. The fourth-order valence-corrected chi connectivity index (χ4v) is 7.15. The number of nitrogens with one attached hydrogen (secondary N) is 3. The number of rotatable bonds is 15. The van der Waals surface area contributed by atoms with E-state index in [1.54, 1.807) is 10.4 Å². The summed E-state index contributed by atoms with van der Waals surface area (Å²) in [5.41, 5.74) is 3.21. The van der Waals surface area contributed by atoms with Crippen molar-refractivity contribution < 1.29 is 24.6 Å². The molecule has 1 saturated heterocycles. The van der Waals surface area contributed by atoms with E-state index < -0.39 is 42.1 Å². The van der Waals surface area contributed by atoms with Crippen molar-refractivity contribution in [3.63, 3.8) is 0 Å². The average molecular weight is 671 g/mol. The van der Waals surface area contributed by atoms with Crippen molar-refractivity contribution in [1.82, 2.24) is 30.7 Å². The van der Waals surface area contributed by atoms with Crippen LogP contribution in [0.15, 0.2) is 41.2 Å². The third-order valence-corrected chi connectivity index (χ3v) is 10.0. The van der Waals surface area contributed by atoms with Gasteiger partial charge in [0.2, 0.25) is 11.8 Å². The van der Waals surface area contributed by atoms with E-state index in [0.29, 0.717) is 37.5 Å². The third kappa shape index (κ3) is 11.8. The number of hydrogen-bond donors (Lipinski definition) is 5. The first kappa shape index (κ1) is 36.8. The maximum absolute atomic E-state index is 14.0. The molecule has 2 aliphatic rings. The summed E-state index contributed by atoms with van der Waals surface area (Å²) >= 11 is 1.40. The molecule has 5 N–H and O–H groups in total. The molecule has 4 amide bonds. The Morgan fingerprint density at radius 1 is 0.915 bits per heavy atom. The van der Waals surface area contributed by atoms with Gasteiger partial charge in [0.1, 0.15) is 18.2 Å². The van der Waals surface area contributed by atoms with E-state index in [2.05, 4.69) is 25.8 Å². The van der Waals surface area contributed by atoms with Crippen molar-refractivity contribution in [3.8, 4) is 0 Å². The predicted molar refractivity (Wildman–Crippen MR) is 184 cm³/mol. The number of piperazine rings is 1. The van der Waals surface area contributed by atoms with Crippen LogP contribution < -0.4 is 16.0 Å². The highest BCUT2D eigenvalue weighted by atomic mass is 32.1. The van der Waals surface area contributed by atoms with E-state index >= 15 is 0 Å². The van der Waals surface area contributed by atoms with Crippen LogP contribution in [0.4, 0.5) is 4.79 Å².